The Morgan fingerprint density at radius 1 is 1.27 bits per heavy atom. The lowest BCUT2D eigenvalue weighted by Crippen LogP contribution is -2.43. The molecule has 0 saturated carbocycles. The number of ether oxygens (including phenoxy) is 2. The highest BCUT2D eigenvalue weighted by Crippen LogP contribution is 2.47. The molecule has 160 valence electrons. The molecular formula is C24H29NO5. The molecule has 2 heterocycles. The van der Waals surface area contributed by atoms with Gasteiger partial charge in [0.15, 0.2) is 0 Å². The molecule has 0 bridgehead atoms. The van der Waals surface area contributed by atoms with E-state index in [-0.39, 0.29) is 29.7 Å². The van der Waals surface area contributed by atoms with Crippen molar-refractivity contribution in [1.82, 2.24) is 5.32 Å². The molecule has 0 radical (unpaired) electrons. The van der Waals surface area contributed by atoms with E-state index in [1.807, 2.05) is 20.8 Å². The van der Waals surface area contributed by atoms with E-state index < -0.39 is 17.8 Å². The van der Waals surface area contributed by atoms with Crippen LogP contribution in [0.4, 0.5) is 0 Å². The molecule has 3 atom stereocenters. The number of hydrogen-bond donors (Lipinski definition) is 2. The number of ketones is 1. The van der Waals surface area contributed by atoms with Crippen molar-refractivity contribution in [2.75, 3.05) is 13.2 Å². The zero-order chi connectivity index (χ0) is 21.5. The molecule has 2 N–H and O–H groups in total. The summed E-state index contributed by atoms with van der Waals surface area (Å²) in [5, 5.41) is 13.0. The molecule has 1 saturated heterocycles. The lowest BCUT2D eigenvalue weighted by Gasteiger charge is -2.41. The van der Waals surface area contributed by atoms with Gasteiger partial charge in [-0.15, -0.1) is 0 Å². The number of nitrogens with one attached hydrogen (secondary N) is 1. The van der Waals surface area contributed by atoms with Crippen molar-refractivity contribution in [3.63, 3.8) is 0 Å². The van der Waals surface area contributed by atoms with Gasteiger partial charge in [0, 0.05) is 30.3 Å². The second-order valence-electron chi connectivity index (χ2n) is 9.18. The van der Waals surface area contributed by atoms with Gasteiger partial charge in [-0.25, -0.2) is 4.79 Å². The highest BCUT2D eigenvalue weighted by Gasteiger charge is 2.46. The van der Waals surface area contributed by atoms with Crippen molar-refractivity contribution < 1.29 is 24.2 Å². The van der Waals surface area contributed by atoms with Crippen molar-refractivity contribution in [2.45, 2.75) is 52.1 Å². The molecule has 0 spiro atoms. The van der Waals surface area contributed by atoms with E-state index in [0.717, 1.165) is 24.1 Å². The van der Waals surface area contributed by atoms with Crippen molar-refractivity contribution in [3.8, 4) is 5.75 Å². The molecule has 1 aliphatic carbocycles. The molecule has 1 aromatic carbocycles. The minimum atomic E-state index is -0.475. The first-order chi connectivity index (χ1) is 14.2. The van der Waals surface area contributed by atoms with E-state index in [1.54, 1.807) is 24.3 Å². The van der Waals surface area contributed by atoms with Gasteiger partial charge in [0.2, 0.25) is 0 Å². The van der Waals surface area contributed by atoms with Crippen LogP contribution >= 0.6 is 0 Å². The Hall–Kier alpha value is -2.60. The smallest absolute Gasteiger partial charge is 0.336 e. The van der Waals surface area contributed by atoms with Gasteiger partial charge in [-0.2, -0.15) is 0 Å². The van der Waals surface area contributed by atoms with Gasteiger partial charge >= 0.3 is 5.97 Å². The summed E-state index contributed by atoms with van der Waals surface area (Å²) in [4.78, 5) is 26.4. The van der Waals surface area contributed by atoms with E-state index in [9.17, 15) is 14.7 Å². The van der Waals surface area contributed by atoms with Gasteiger partial charge in [0.05, 0.1) is 17.6 Å². The predicted octanol–water partition coefficient (Wildman–Crippen LogP) is 3.57. The van der Waals surface area contributed by atoms with Gasteiger partial charge in [0.1, 0.15) is 18.1 Å². The number of allylic oxidation sites excluding steroid dienone is 3. The van der Waals surface area contributed by atoms with Gasteiger partial charge in [-0.05, 0) is 42.9 Å². The second-order valence-corrected chi connectivity index (χ2v) is 9.18. The third-order valence-electron chi connectivity index (χ3n) is 6.13. The third kappa shape index (κ3) is 4.01. The van der Waals surface area contributed by atoms with Crippen molar-refractivity contribution in [2.24, 2.45) is 11.3 Å². The Balaban J connectivity index is 1.72. The lowest BCUT2D eigenvalue weighted by molar-refractivity contribution is -0.143. The molecule has 30 heavy (non-hydrogen) atoms. The summed E-state index contributed by atoms with van der Waals surface area (Å²) in [6, 6.07) is 6.72. The Kier molecular flexibility index (Phi) is 5.45. The van der Waals surface area contributed by atoms with E-state index in [1.165, 1.54) is 0 Å². The maximum absolute atomic E-state index is 13.2. The molecule has 3 unspecified atom stereocenters. The summed E-state index contributed by atoms with van der Waals surface area (Å²) in [6.45, 7) is 6.83. The number of hydrogen-bond acceptors (Lipinski definition) is 6. The largest absolute Gasteiger partial charge is 0.508 e. The number of Topliss-reactive ketones (excluding diaryl/α,β-unsaturated/α-hetero) is 1. The minimum absolute atomic E-state index is 0.0638. The first kappa shape index (κ1) is 20.7. The number of carbonyl (C=O) groups is 2. The molecule has 0 amide bonds. The Bertz CT molecular complexity index is 906. The zero-order valence-electron chi connectivity index (χ0n) is 17.7. The normalized spacial score (nSPS) is 27.9. The standard InChI is InChI=1S/C24H29NO5/c1-14-20(23(28)30-13-17-5-4-10-29-17)21(15-6-8-16(26)9-7-15)22-18(25-14)11-24(2,3)12-19(22)27/h6-9,11,17,21-22,25-26H,4-5,10,12-13H2,1-3H3. The predicted molar refractivity (Wildman–Crippen MR) is 112 cm³/mol. The summed E-state index contributed by atoms with van der Waals surface area (Å²) in [7, 11) is 0. The molecule has 4 rings (SSSR count). The average molecular weight is 411 g/mol. The SMILES string of the molecule is CC1=C(C(=O)OCC2CCCO2)C(c2ccc(O)cc2)C2C(=O)CC(C)(C)C=C2N1. The molecule has 6 nitrogen and oxygen atoms in total. The van der Waals surface area contributed by atoms with Gasteiger partial charge in [-0.3, -0.25) is 4.79 Å². The van der Waals surface area contributed by atoms with E-state index in [0.29, 0.717) is 24.3 Å². The van der Waals surface area contributed by atoms with Crippen LogP contribution in [0.3, 0.4) is 0 Å². The van der Waals surface area contributed by atoms with Gasteiger partial charge in [0.25, 0.3) is 0 Å². The van der Waals surface area contributed by atoms with Gasteiger partial charge in [-0.1, -0.05) is 32.1 Å². The van der Waals surface area contributed by atoms with E-state index in [2.05, 4.69) is 11.4 Å². The van der Waals surface area contributed by atoms with Crippen LogP contribution in [-0.4, -0.2) is 36.2 Å². The summed E-state index contributed by atoms with van der Waals surface area (Å²) in [5.41, 5.74) is 2.56. The van der Waals surface area contributed by atoms with Crippen LogP contribution in [0, 0.1) is 11.3 Å². The first-order valence-corrected chi connectivity index (χ1v) is 10.6. The summed E-state index contributed by atoms with van der Waals surface area (Å²) in [5.74, 6) is -1.12. The van der Waals surface area contributed by atoms with Crippen LogP contribution < -0.4 is 5.32 Å². The van der Waals surface area contributed by atoms with Crippen molar-refractivity contribution in [1.29, 1.82) is 0 Å². The Labute approximate surface area is 176 Å². The molecule has 0 aromatic heterocycles. The Morgan fingerprint density at radius 3 is 2.67 bits per heavy atom. The summed E-state index contributed by atoms with van der Waals surface area (Å²) < 4.78 is 11.2. The zero-order valence-corrected chi connectivity index (χ0v) is 17.7. The first-order valence-electron chi connectivity index (χ1n) is 10.6. The molecule has 6 heteroatoms. The number of phenols is 1. The van der Waals surface area contributed by atoms with E-state index >= 15 is 0 Å². The van der Waals surface area contributed by atoms with Gasteiger partial charge < -0.3 is 19.9 Å². The summed E-state index contributed by atoms with van der Waals surface area (Å²) in [6.07, 6.45) is 4.31. The maximum Gasteiger partial charge on any atom is 0.336 e. The molecular weight excluding hydrogens is 382 g/mol. The minimum Gasteiger partial charge on any atom is -0.508 e. The fraction of sp³-hybridized carbons (Fsp3) is 0.500. The fourth-order valence-corrected chi connectivity index (χ4v) is 4.80. The molecule has 1 aromatic rings. The number of phenolic OH excluding ortho intramolecular Hbond substituents is 1. The number of fused-ring (bicyclic) bond motifs is 1. The average Bonchev–Trinajstić information content (AvgIpc) is 3.18. The highest BCUT2D eigenvalue weighted by molar-refractivity contribution is 5.96. The third-order valence-corrected chi connectivity index (χ3v) is 6.13. The number of carbonyl (C=O) groups excluding carboxylic acids is 2. The fourth-order valence-electron chi connectivity index (χ4n) is 4.80. The highest BCUT2D eigenvalue weighted by atomic mass is 16.6. The molecule has 3 aliphatic rings. The van der Waals surface area contributed by atoms with Crippen molar-refractivity contribution in [3.05, 3.63) is 52.9 Å². The molecule has 2 aliphatic heterocycles. The van der Waals surface area contributed by atoms with E-state index in [4.69, 9.17) is 9.47 Å². The van der Waals surface area contributed by atoms with Crippen molar-refractivity contribution >= 4 is 11.8 Å². The maximum atomic E-state index is 13.2. The number of benzene rings is 1. The van der Waals surface area contributed by atoms with Crippen LogP contribution in [-0.2, 0) is 19.1 Å². The topological polar surface area (TPSA) is 84.9 Å². The van der Waals surface area contributed by atoms with Crippen LogP contribution in [0.25, 0.3) is 0 Å². The van der Waals surface area contributed by atoms with Crippen LogP contribution in [0.2, 0.25) is 0 Å². The molecule has 1 fully saturated rings. The Morgan fingerprint density at radius 2 is 2.00 bits per heavy atom. The number of rotatable bonds is 4. The number of esters is 1. The summed E-state index contributed by atoms with van der Waals surface area (Å²) >= 11 is 0. The van der Waals surface area contributed by atoms with Crippen LogP contribution in [0.1, 0.15) is 51.5 Å². The monoisotopic (exact) mass is 411 g/mol. The van der Waals surface area contributed by atoms with Crippen LogP contribution in [0.15, 0.2) is 47.3 Å². The van der Waals surface area contributed by atoms with Crippen LogP contribution in [0.5, 0.6) is 5.75 Å². The second kappa shape index (κ2) is 7.91. The number of aromatic hydroxyl groups is 1. The lowest BCUT2D eigenvalue weighted by atomic mass is 9.66. The quantitative estimate of drug-likeness (QED) is 0.737.